The highest BCUT2D eigenvalue weighted by Gasteiger charge is 2.26. The van der Waals surface area contributed by atoms with Gasteiger partial charge in [-0.05, 0) is 31.2 Å². The summed E-state index contributed by atoms with van der Waals surface area (Å²) >= 11 is 1.71. The Balaban J connectivity index is 1.71. The highest BCUT2D eigenvalue weighted by atomic mass is 32.1. The quantitative estimate of drug-likeness (QED) is 0.602. The molecule has 116 valence electrons. The number of aromatic nitrogens is 2. The van der Waals surface area contributed by atoms with Gasteiger partial charge in [0, 0.05) is 23.4 Å². The maximum atomic E-state index is 11.0. The van der Waals surface area contributed by atoms with Gasteiger partial charge in [0.25, 0.3) is 0 Å². The predicted molar refractivity (Wildman–Crippen MR) is 86.4 cm³/mol. The van der Waals surface area contributed by atoms with Gasteiger partial charge in [0.15, 0.2) is 0 Å². The monoisotopic (exact) mass is 319 g/mol. The van der Waals surface area contributed by atoms with E-state index in [-0.39, 0.29) is 11.7 Å². The van der Waals surface area contributed by atoms with Gasteiger partial charge in [-0.3, -0.25) is 10.1 Å². The van der Waals surface area contributed by atoms with Crippen molar-refractivity contribution in [2.24, 2.45) is 0 Å². The third kappa shape index (κ3) is 3.70. The second-order valence-corrected chi connectivity index (χ2v) is 6.46. The van der Waals surface area contributed by atoms with Crippen LogP contribution in [0.5, 0.6) is 0 Å². The van der Waals surface area contributed by atoms with Gasteiger partial charge >= 0.3 is 5.69 Å². The number of hydrogen-bond donors (Lipinski definition) is 2. The van der Waals surface area contributed by atoms with E-state index in [1.54, 1.807) is 11.3 Å². The summed E-state index contributed by atoms with van der Waals surface area (Å²) in [6.07, 6.45) is 4.18. The zero-order chi connectivity index (χ0) is 15.5. The van der Waals surface area contributed by atoms with Crippen molar-refractivity contribution in [1.29, 1.82) is 0 Å². The third-order valence-electron chi connectivity index (χ3n) is 3.35. The second kappa shape index (κ2) is 6.27. The average Bonchev–Trinajstić information content (AvgIpc) is 3.12. The average molecular weight is 319 g/mol. The van der Waals surface area contributed by atoms with Crippen LogP contribution in [0.1, 0.15) is 24.6 Å². The van der Waals surface area contributed by atoms with E-state index in [4.69, 9.17) is 0 Å². The van der Waals surface area contributed by atoms with Crippen molar-refractivity contribution in [1.82, 2.24) is 9.97 Å². The molecule has 1 aliphatic carbocycles. The van der Waals surface area contributed by atoms with Gasteiger partial charge in [-0.1, -0.05) is 6.07 Å². The molecule has 0 aromatic carbocycles. The van der Waals surface area contributed by atoms with Crippen molar-refractivity contribution in [2.75, 3.05) is 10.6 Å². The molecular formula is C14H17N5O2S. The van der Waals surface area contributed by atoms with E-state index in [0.717, 1.165) is 19.3 Å². The van der Waals surface area contributed by atoms with Crippen LogP contribution in [0.15, 0.2) is 23.7 Å². The second-order valence-electron chi connectivity index (χ2n) is 5.43. The molecule has 0 unspecified atom stereocenters. The Kier molecular flexibility index (Phi) is 4.19. The minimum absolute atomic E-state index is 0.0802. The summed E-state index contributed by atoms with van der Waals surface area (Å²) in [7, 11) is 0. The molecule has 2 aromatic heterocycles. The Labute approximate surface area is 132 Å². The third-order valence-corrected chi connectivity index (χ3v) is 4.25. The van der Waals surface area contributed by atoms with Gasteiger partial charge < -0.3 is 10.6 Å². The first-order valence-corrected chi connectivity index (χ1v) is 8.06. The molecule has 0 saturated heterocycles. The Morgan fingerprint density at radius 1 is 1.55 bits per heavy atom. The van der Waals surface area contributed by atoms with E-state index in [0.29, 0.717) is 17.8 Å². The maximum absolute atomic E-state index is 11.0. The van der Waals surface area contributed by atoms with E-state index in [2.05, 4.69) is 26.7 Å². The number of anilines is 2. The lowest BCUT2D eigenvalue weighted by atomic mass is 10.2. The van der Waals surface area contributed by atoms with Crippen LogP contribution < -0.4 is 10.6 Å². The molecule has 8 heteroatoms. The van der Waals surface area contributed by atoms with E-state index in [9.17, 15) is 10.1 Å². The smallest absolute Gasteiger partial charge is 0.329 e. The molecule has 1 aliphatic rings. The number of thiophene rings is 1. The Hall–Kier alpha value is -2.22. The molecule has 2 heterocycles. The number of rotatable bonds is 7. The largest absolute Gasteiger partial charge is 0.361 e. The highest BCUT2D eigenvalue weighted by Crippen LogP contribution is 2.29. The molecule has 0 radical (unpaired) electrons. The molecule has 0 amide bonds. The first-order chi connectivity index (χ1) is 10.6. The fraction of sp³-hybridized carbons (Fsp3) is 0.429. The van der Waals surface area contributed by atoms with Crippen molar-refractivity contribution in [3.63, 3.8) is 0 Å². The van der Waals surface area contributed by atoms with E-state index in [1.165, 1.54) is 11.1 Å². The first-order valence-electron chi connectivity index (χ1n) is 7.18. The predicted octanol–water partition coefficient (Wildman–Crippen LogP) is 3.06. The lowest BCUT2D eigenvalue weighted by Crippen LogP contribution is -2.20. The van der Waals surface area contributed by atoms with Gasteiger partial charge in [-0.25, -0.2) is 4.98 Å². The van der Waals surface area contributed by atoms with Crippen LogP contribution in [0, 0.1) is 10.1 Å². The van der Waals surface area contributed by atoms with Crippen LogP contribution in [-0.4, -0.2) is 27.0 Å². The molecular weight excluding hydrogens is 302 g/mol. The lowest BCUT2D eigenvalue weighted by Gasteiger charge is -2.13. The molecule has 0 aliphatic heterocycles. The summed E-state index contributed by atoms with van der Waals surface area (Å²) in [5.41, 5.74) is -0.0802. The fourth-order valence-electron chi connectivity index (χ4n) is 2.11. The van der Waals surface area contributed by atoms with Crippen LogP contribution in [0.3, 0.4) is 0 Å². The van der Waals surface area contributed by atoms with E-state index < -0.39 is 4.92 Å². The van der Waals surface area contributed by atoms with Crippen molar-refractivity contribution >= 4 is 28.8 Å². The molecule has 1 fully saturated rings. The zero-order valence-electron chi connectivity index (χ0n) is 12.2. The van der Waals surface area contributed by atoms with Gasteiger partial charge in [-0.15, -0.1) is 11.3 Å². The van der Waals surface area contributed by atoms with Crippen LogP contribution in [0.4, 0.5) is 17.5 Å². The van der Waals surface area contributed by atoms with Crippen molar-refractivity contribution in [3.05, 3.63) is 38.7 Å². The number of hydrogen-bond acceptors (Lipinski definition) is 7. The lowest BCUT2D eigenvalue weighted by molar-refractivity contribution is -0.384. The topological polar surface area (TPSA) is 93.0 Å². The summed E-state index contributed by atoms with van der Waals surface area (Å²) < 4.78 is 0. The summed E-state index contributed by atoms with van der Waals surface area (Å²) in [5.74, 6) is 0.714. The standard InChI is InChI=1S/C14H17N5O2S/c1-9(7-11-3-2-6-22-11)16-14-15-8-12(19(20)21)13(18-14)17-10-4-5-10/h2-3,6,8-10H,4-5,7H2,1H3,(H2,15,16,17,18)/t9-/m0/s1. The van der Waals surface area contributed by atoms with Gasteiger partial charge in [-0.2, -0.15) is 4.98 Å². The van der Waals surface area contributed by atoms with Crippen molar-refractivity contribution in [2.45, 2.75) is 38.3 Å². The molecule has 0 bridgehead atoms. The SMILES string of the molecule is C[C@@H](Cc1cccs1)Nc1ncc([N+](=O)[O-])c(NC2CC2)n1. The first kappa shape index (κ1) is 14.7. The number of nitro groups is 1. The minimum atomic E-state index is -0.455. The molecule has 1 saturated carbocycles. The van der Waals surface area contributed by atoms with Crippen LogP contribution >= 0.6 is 11.3 Å². The van der Waals surface area contributed by atoms with E-state index in [1.807, 2.05) is 18.4 Å². The van der Waals surface area contributed by atoms with Gasteiger partial charge in [0.1, 0.15) is 6.20 Å². The Bertz CT molecular complexity index is 657. The van der Waals surface area contributed by atoms with Crippen LogP contribution in [0.2, 0.25) is 0 Å². The fourth-order valence-corrected chi connectivity index (χ4v) is 2.94. The molecule has 7 nitrogen and oxygen atoms in total. The maximum Gasteiger partial charge on any atom is 0.329 e. The molecule has 22 heavy (non-hydrogen) atoms. The Morgan fingerprint density at radius 2 is 2.36 bits per heavy atom. The number of nitrogens with one attached hydrogen (secondary N) is 2. The van der Waals surface area contributed by atoms with E-state index >= 15 is 0 Å². The number of nitrogens with zero attached hydrogens (tertiary/aromatic N) is 3. The molecule has 1 atom stereocenters. The minimum Gasteiger partial charge on any atom is -0.361 e. The summed E-state index contributed by atoms with van der Waals surface area (Å²) in [6.45, 7) is 2.04. The van der Waals surface area contributed by atoms with Crippen LogP contribution in [-0.2, 0) is 6.42 Å². The zero-order valence-corrected chi connectivity index (χ0v) is 13.0. The van der Waals surface area contributed by atoms with Crippen molar-refractivity contribution in [3.8, 4) is 0 Å². The van der Waals surface area contributed by atoms with Crippen LogP contribution in [0.25, 0.3) is 0 Å². The normalized spacial score (nSPS) is 15.3. The summed E-state index contributed by atoms with van der Waals surface area (Å²) in [6, 6.07) is 4.55. The summed E-state index contributed by atoms with van der Waals surface area (Å²) in [5, 5.41) is 19.4. The van der Waals surface area contributed by atoms with Gasteiger partial charge in [0.05, 0.1) is 4.92 Å². The molecule has 2 N–H and O–H groups in total. The van der Waals surface area contributed by atoms with Crippen molar-refractivity contribution < 1.29 is 4.92 Å². The van der Waals surface area contributed by atoms with Gasteiger partial charge in [0.2, 0.25) is 11.8 Å². The molecule has 3 rings (SSSR count). The molecule has 0 spiro atoms. The molecule has 2 aromatic rings. The Morgan fingerprint density at radius 3 is 3.00 bits per heavy atom. The summed E-state index contributed by atoms with van der Waals surface area (Å²) in [4.78, 5) is 20.2. The highest BCUT2D eigenvalue weighted by molar-refractivity contribution is 7.09.